The van der Waals surface area contributed by atoms with Crippen molar-refractivity contribution in [2.75, 3.05) is 11.9 Å². The fourth-order valence-electron chi connectivity index (χ4n) is 1.88. The van der Waals surface area contributed by atoms with Gasteiger partial charge in [0.25, 0.3) is 0 Å². The number of hydrogen-bond acceptors (Lipinski definition) is 5. The summed E-state index contributed by atoms with van der Waals surface area (Å²) in [6, 6.07) is 12.2. The van der Waals surface area contributed by atoms with Crippen molar-refractivity contribution in [1.82, 2.24) is 24.7 Å². The van der Waals surface area contributed by atoms with Gasteiger partial charge < -0.3 is 5.32 Å². The Bertz CT molecular complexity index is 650. The van der Waals surface area contributed by atoms with Gasteiger partial charge in [0.2, 0.25) is 0 Å². The Hall–Kier alpha value is -2.76. The number of benzene rings is 1. The van der Waals surface area contributed by atoms with Crippen molar-refractivity contribution in [3.8, 4) is 5.82 Å². The minimum absolute atomic E-state index is 0.694. The normalized spacial score (nSPS) is 10.4. The molecule has 0 atom stereocenters. The molecule has 0 unspecified atom stereocenters. The highest BCUT2D eigenvalue weighted by Crippen LogP contribution is 2.07. The van der Waals surface area contributed by atoms with Crippen LogP contribution in [-0.4, -0.2) is 31.3 Å². The van der Waals surface area contributed by atoms with Crippen LogP contribution < -0.4 is 5.32 Å². The maximum absolute atomic E-state index is 4.20. The van der Waals surface area contributed by atoms with Gasteiger partial charge in [0.05, 0.1) is 0 Å². The van der Waals surface area contributed by atoms with Crippen LogP contribution in [0, 0.1) is 0 Å². The van der Waals surface area contributed by atoms with Crippen molar-refractivity contribution in [3.63, 3.8) is 0 Å². The Morgan fingerprint density at radius 1 is 1.05 bits per heavy atom. The Balaban J connectivity index is 1.62. The number of nitrogens with zero attached hydrogens (tertiary/aromatic N) is 5. The Morgan fingerprint density at radius 3 is 2.75 bits per heavy atom. The van der Waals surface area contributed by atoms with Crippen LogP contribution in [0.25, 0.3) is 5.82 Å². The summed E-state index contributed by atoms with van der Waals surface area (Å²) in [6.45, 7) is 0.817. The lowest BCUT2D eigenvalue weighted by Gasteiger charge is -2.06. The number of anilines is 1. The molecular formula is C14H14N6. The first-order chi connectivity index (χ1) is 9.92. The summed E-state index contributed by atoms with van der Waals surface area (Å²) in [5, 5.41) is 7.33. The van der Waals surface area contributed by atoms with Crippen LogP contribution in [0.3, 0.4) is 0 Å². The zero-order chi connectivity index (χ0) is 13.6. The number of rotatable bonds is 5. The molecule has 1 aromatic carbocycles. The van der Waals surface area contributed by atoms with Gasteiger partial charge in [0, 0.05) is 12.6 Å². The van der Waals surface area contributed by atoms with Gasteiger partial charge in [0.15, 0.2) is 5.82 Å². The van der Waals surface area contributed by atoms with E-state index in [0.717, 1.165) is 18.8 Å². The molecule has 2 heterocycles. The molecule has 3 rings (SSSR count). The second kappa shape index (κ2) is 5.92. The standard InChI is InChI=1S/C14H14N6/c1-2-4-12(5-3-1)6-7-16-13-8-14(18-10-17-13)20-11-15-9-19-20/h1-5,8-11H,6-7H2,(H,16,17,18). The quantitative estimate of drug-likeness (QED) is 0.761. The summed E-state index contributed by atoms with van der Waals surface area (Å²) < 4.78 is 1.60. The van der Waals surface area contributed by atoms with Gasteiger partial charge in [-0.1, -0.05) is 30.3 Å². The molecule has 0 aliphatic rings. The predicted octanol–water partition coefficient (Wildman–Crippen LogP) is 1.71. The van der Waals surface area contributed by atoms with E-state index >= 15 is 0 Å². The Kier molecular flexibility index (Phi) is 3.64. The molecule has 0 spiro atoms. The molecule has 0 bridgehead atoms. The number of nitrogens with one attached hydrogen (secondary N) is 1. The van der Waals surface area contributed by atoms with Gasteiger partial charge >= 0.3 is 0 Å². The molecule has 0 fully saturated rings. The summed E-state index contributed by atoms with van der Waals surface area (Å²) in [7, 11) is 0. The predicted molar refractivity (Wildman–Crippen MR) is 75.6 cm³/mol. The molecule has 1 N–H and O–H groups in total. The molecule has 2 aromatic heterocycles. The van der Waals surface area contributed by atoms with Crippen molar-refractivity contribution < 1.29 is 0 Å². The monoisotopic (exact) mass is 266 g/mol. The minimum Gasteiger partial charge on any atom is -0.370 e. The van der Waals surface area contributed by atoms with Crippen molar-refractivity contribution >= 4 is 5.82 Å². The van der Waals surface area contributed by atoms with Crippen LogP contribution in [0.2, 0.25) is 0 Å². The second-order valence-electron chi connectivity index (χ2n) is 4.26. The summed E-state index contributed by atoms with van der Waals surface area (Å²) in [5.74, 6) is 1.47. The second-order valence-corrected chi connectivity index (χ2v) is 4.26. The number of hydrogen-bond donors (Lipinski definition) is 1. The highest BCUT2D eigenvalue weighted by Gasteiger charge is 2.01. The first kappa shape index (κ1) is 12.3. The molecule has 0 saturated heterocycles. The number of aromatic nitrogens is 5. The van der Waals surface area contributed by atoms with Crippen LogP contribution in [0.4, 0.5) is 5.82 Å². The van der Waals surface area contributed by atoms with Crippen LogP contribution in [0.5, 0.6) is 0 Å². The third-order valence-electron chi connectivity index (χ3n) is 2.87. The zero-order valence-electron chi connectivity index (χ0n) is 10.8. The molecule has 0 saturated carbocycles. The van der Waals surface area contributed by atoms with Crippen molar-refractivity contribution in [2.24, 2.45) is 0 Å². The van der Waals surface area contributed by atoms with Gasteiger partial charge in [-0.05, 0) is 12.0 Å². The van der Waals surface area contributed by atoms with E-state index in [-0.39, 0.29) is 0 Å². The van der Waals surface area contributed by atoms with E-state index in [9.17, 15) is 0 Å². The minimum atomic E-state index is 0.694. The summed E-state index contributed by atoms with van der Waals surface area (Å²) >= 11 is 0. The van der Waals surface area contributed by atoms with E-state index < -0.39 is 0 Å². The third-order valence-corrected chi connectivity index (χ3v) is 2.87. The molecule has 0 aliphatic carbocycles. The highest BCUT2D eigenvalue weighted by atomic mass is 15.3. The van der Waals surface area contributed by atoms with E-state index in [1.165, 1.54) is 18.2 Å². The average molecular weight is 266 g/mol. The maximum Gasteiger partial charge on any atom is 0.160 e. The molecule has 6 heteroatoms. The van der Waals surface area contributed by atoms with Gasteiger partial charge in [0.1, 0.15) is 24.8 Å². The van der Waals surface area contributed by atoms with E-state index in [2.05, 4.69) is 37.5 Å². The van der Waals surface area contributed by atoms with Gasteiger partial charge in [-0.15, -0.1) is 0 Å². The first-order valence-electron chi connectivity index (χ1n) is 6.37. The van der Waals surface area contributed by atoms with Crippen LogP contribution >= 0.6 is 0 Å². The third kappa shape index (κ3) is 2.97. The maximum atomic E-state index is 4.20. The lowest BCUT2D eigenvalue weighted by atomic mass is 10.1. The summed E-state index contributed by atoms with van der Waals surface area (Å²) in [5.41, 5.74) is 1.30. The van der Waals surface area contributed by atoms with Crippen molar-refractivity contribution in [1.29, 1.82) is 0 Å². The van der Waals surface area contributed by atoms with Crippen LogP contribution in [0.1, 0.15) is 5.56 Å². The molecule has 0 radical (unpaired) electrons. The molecule has 0 aliphatic heterocycles. The largest absolute Gasteiger partial charge is 0.370 e. The molecule has 100 valence electrons. The summed E-state index contributed by atoms with van der Waals surface area (Å²) in [4.78, 5) is 12.3. The highest BCUT2D eigenvalue weighted by molar-refractivity contribution is 5.40. The van der Waals surface area contributed by atoms with E-state index in [4.69, 9.17) is 0 Å². The fraction of sp³-hybridized carbons (Fsp3) is 0.143. The Labute approximate surface area is 116 Å². The van der Waals surface area contributed by atoms with Crippen LogP contribution in [0.15, 0.2) is 55.4 Å². The molecule has 3 aromatic rings. The van der Waals surface area contributed by atoms with Crippen LogP contribution in [-0.2, 0) is 6.42 Å². The van der Waals surface area contributed by atoms with Gasteiger partial charge in [-0.3, -0.25) is 0 Å². The first-order valence-corrected chi connectivity index (χ1v) is 6.37. The average Bonchev–Trinajstić information content (AvgIpc) is 3.03. The van der Waals surface area contributed by atoms with E-state index in [1.54, 1.807) is 11.0 Å². The summed E-state index contributed by atoms with van der Waals surface area (Å²) in [6.07, 6.45) is 5.55. The molecular weight excluding hydrogens is 252 g/mol. The molecule has 6 nitrogen and oxygen atoms in total. The molecule has 20 heavy (non-hydrogen) atoms. The van der Waals surface area contributed by atoms with Gasteiger partial charge in [-0.2, -0.15) is 5.10 Å². The zero-order valence-corrected chi connectivity index (χ0v) is 10.8. The lowest BCUT2D eigenvalue weighted by Crippen LogP contribution is -2.08. The molecule has 0 amide bonds. The van der Waals surface area contributed by atoms with Gasteiger partial charge in [-0.25, -0.2) is 19.6 Å². The van der Waals surface area contributed by atoms with E-state index in [1.807, 2.05) is 24.3 Å². The smallest absolute Gasteiger partial charge is 0.160 e. The lowest BCUT2D eigenvalue weighted by molar-refractivity contribution is 0.837. The van der Waals surface area contributed by atoms with Crippen molar-refractivity contribution in [3.05, 3.63) is 60.9 Å². The van der Waals surface area contributed by atoms with E-state index in [0.29, 0.717) is 5.82 Å². The fourth-order valence-corrected chi connectivity index (χ4v) is 1.88. The Morgan fingerprint density at radius 2 is 1.95 bits per heavy atom. The SMILES string of the molecule is c1ccc(CCNc2cc(-n3cncn3)ncn2)cc1. The topological polar surface area (TPSA) is 68.5 Å². The van der Waals surface area contributed by atoms with Crippen molar-refractivity contribution in [2.45, 2.75) is 6.42 Å².